The molecular weight excluding hydrogens is 522 g/mol. The molecule has 0 aliphatic carbocycles. The Balaban J connectivity index is 1.42. The molecule has 6 rings (SSSR count). The van der Waals surface area contributed by atoms with Gasteiger partial charge in [0, 0.05) is 21.9 Å². The van der Waals surface area contributed by atoms with E-state index in [0.29, 0.717) is 31.9 Å². The Labute approximate surface area is 245 Å². The lowest BCUT2D eigenvalue weighted by molar-refractivity contribution is 0.140. The predicted molar refractivity (Wildman–Crippen MR) is 169 cm³/mol. The number of carbonyl (C=O) groups is 1. The zero-order valence-electron chi connectivity index (χ0n) is 23.8. The molecule has 0 bridgehead atoms. The van der Waals surface area contributed by atoms with Crippen LogP contribution >= 0.6 is 0 Å². The summed E-state index contributed by atoms with van der Waals surface area (Å²) in [6.07, 6.45) is -0.0341. The molecule has 1 heterocycles. The fourth-order valence-corrected chi connectivity index (χ4v) is 5.89. The number of aryl methyl sites for hydroxylation is 3. The van der Waals surface area contributed by atoms with Crippen molar-refractivity contribution >= 4 is 27.8 Å². The molecule has 1 N–H and O–H groups in total. The molecule has 0 saturated carbocycles. The van der Waals surface area contributed by atoms with Gasteiger partial charge >= 0.3 is 6.16 Å². The molecule has 1 aromatic heterocycles. The topological polar surface area (TPSA) is 60.7 Å². The number of aromatic nitrogens is 1. The first-order valence-corrected chi connectivity index (χ1v) is 14.3. The smallest absolute Gasteiger partial charge is 0.493 e. The summed E-state index contributed by atoms with van der Waals surface area (Å²) in [7, 11) is 0. The molecule has 5 heteroatoms. The van der Waals surface area contributed by atoms with Gasteiger partial charge in [0.05, 0.1) is 18.7 Å². The van der Waals surface area contributed by atoms with Crippen LogP contribution in [0.2, 0.25) is 0 Å². The van der Waals surface area contributed by atoms with E-state index in [-0.39, 0.29) is 0 Å². The number of benzene rings is 5. The zero-order valence-corrected chi connectivity index (χ0v) is 23.8. The average Bonchev–Trinajstić information content (AvgIpc) is 3.27. The van der Waals surface area contributed by atoms with Crippen molar-refractivity contribution in [2.75, 3.05) is 6.61 Å². The van der Waals surface area contributed by atoms with Gasteiger partial charge in [-0.05, 0) is 54.8 Å². The lowest BCUT2D eigenvalue weighted by Gasteiger charge is -2.14. The largest absolute Gasteiger partial charge is 0.512 e. The van der Waals surface area contributed by atoms with E-state index in [4.69, 9.17) is 9.47 Å². The Morgan fingerprint density at radius 2 is 1.50 bits per heavy atom. The summed E-state index contributed by atoms with van der Waals surface area (Å²) in [5.41, 5.74) is 7.37. The summed E-state index contributed by atoms with van der Waals surface area (Å²) in [4.78, 5) is 12.0. The van der Waals surface area contributed by atoms with Crippen LogP contribution in [-0.2, 0) is 13.0 Å². The van der Waals surface area contributed by atoms with Gasteiger partial charge in [-0.1, -0.05) is 109 Å². The predicted octanol–water partition coefficient (Wildman–Crippen LogP) is 9.20. The van der Waals surface area contributed by atoms with E-state index in [1.807, 2.05) is 53.1 Å². The average molecular weight is 556 g/mol. The van der Waals surface area contributed by atoms with Gasteiger partial charge in [-0.3, -0.25) is 0 Å². The van der Waals surface area contributed by atoms with E-state index in [2.05, 4.69) is 74.5 Å². The van der Waals surface area contributed by atoms with Crippen LogP contribution in [0.1, 0.15) is 28.7 Å². The first-order valence-electron chi connectivity index (χ1n) is 14.3. The molecule has 0 aliphatic heterocycles. The van der Waals surface area contributed by atoms with Crippen molar-refractivity contribution in [2.45, 2.75) is 33.2 Å². The quantitative estimate of drug-likeness (QED) is 0.143. The van der Waals surface area contributed by atoms with Gasteiger partial charge in [0.2, 0.25) is 5.88 Å². The Morgan fingerprint density at radius 3 is 2.33 bits per heavy atom. The molecule has 6 aromatic rings. The standard InChI is InChI=1S/C37H33NO4/c1-25-11-7-13-27(23-25)24-38-35-31(29-16-5-3-12-26(29)2)18-9-19-32(35)33(36(38)42-37(39)40)20-10-22-41-34-21-8-15-28-14-4-6-17-30(28)34/h3-9,11-19,21,23H,10,20,22,24H2,1-2H3,(H,39,40). The molecule has 0 spiro atoms. The highest BCUT2D eigenvalue weighted by Crippen LogP contribution is 2.40. The van der Waals surface area contributed by atoms with Crippen molar-refractivity contribution in [1.82, 2.24) is 4.57 Å². The van der Waals surface area contributed by atoms with Crippen LogP contribution < -0.4 is 9.47 Å². The third-order valence-electron chi connectivity index (χ3n) is 7.76. The van der Waals surface area contributed by atoms with Gasteiger partial charge in [0.15, 0.2) is 0 Å². The van der Waals surface area contributed by atoms with E-state index < -0.39 is 6.16 Å². The molecule has 0 fully saturated rings. The van der Waals surface area contributed by atoms with Gasteiger partial charge in [0.25, 0.3) is 0 Å². The van der Waals surface area contributed by atoms with E-state index in [1.54, 1.807) is 0 Å². The molecule has 0 aliphatic rings. The van der Waals surface area contributed by atoms with Crippen molar-refractivity contribution in [3.05, 3.63) is 131 Å². The number of hydrogen-bond donors (Lipinski definition) is 1. The molecule has 42 heavy (non-hydrogen) atoms. The first-order chi connectivity index (χ1) is 20.5. The number of nitrogens with zero attached hydrogens (tertiary/aromatic N) is 1. The highest BCUT2D eigenvalue weighted by Gasteiger charge is 2.24. The summed E-state index contributed by atoms with van der Waals surface area (Å²) in [5, 5.41) is 13.0. The number of fused-ring (bicyclic) bond motifs is 2. The van der Waals surface area contributed by atoms with E-state index in [0.717, 1.165) is 60.8 Å². The van der Waals surface area contributed by atoms with Gasteiger partial charge in [-0.25, -0.2) is 4.79 Å². The van der Waals surface area contributed by atoms with Crippen molar-refractivity contribution in [3.63, 3.8) is 0 Å². The van der Waals surface area contributed by atoms with Crippen LogP contribution in [0.4, 0.5) is 4.79 Å². The first kappa shape index (κ1) is 27.2. The van der Waals surface area contributed by atoms with Crippen LogP contribution in [-0.4, -0.2) is 22.4 Å². The molecule has 0 atom stereocenters. The Kier molecular flexibility index (Phi) is 7.65. The number of ether oxygens (including phenoxy) is 2. The SMILES string of the molecule is Cc1cccc(Cn2c(OC(=O)O)c(CCCOc3cccc4ccccc34)c3cccc(-c4ccccc4C)c32)c1. The molecule has 5 nitrogen and oxygen atoms in total. The Bertz CT molecular complexity index is 1900. The van der Waals surface area contributed by atoms with Gasteiger partial charge in [-0.15, -0.1) is 0 Å². The molecule has 0 saturated heterocycles. The fraction of sp³-hybridized carbons (Fsp3) is 0.162. The van der Waals surface area contributed by atoms with Crippen LogP contribution in [0.3, 0.4) is 0 Å². The van der Waals surface area contributed by atoms with Crippen molar-refractivity contribution in [1.29, 1.82) is 0 Å². The summed E-state index contributed by atoms with van der Waals surface area (Å²) in [5.74, 6) is 1.21. The minimum Gasteiger partial charge on any atom is -0.493 e. The Hall–Kier alpha value is -5.03. The Morgan fingerprint density at radius 1 is 0.786 bits per heavy atom. The number of para-hydroxylation sites is 1. The van der Waals surface area contributed by atoms with Gasteiger partial charge < -0.3 is 19.1 Å². The van der Waals surface area contributed by atoms with E-state index in [9.17, 15) is 9.90 Å². The maximum atomic E-state index is 12.0. The van der Waals surface area contributed by atoms with Crippen molar-refractivity contribution in [3.8, 4) is 22.8 Å². The molecular formula is C37H33NO4. The maximum Gasteiger partial charge on any atom is 0.512 e. The molecule has 0 amide bonds. The minimum absolute atomic E-state index is 0.366. The lowest BCUT2D eigenvalue weighted by atomic mass is 9.97. The van der Waals surface area contributed by atoms with E-state index >= 15 is 0 Å². The molecule has 0 radical (unpaired) electrons. The second kappa shape index (κ2) is 11.8. The second-order valence-corrected chi connectivity index (χ2v) is 10.7. The molecule has 5 aromatic carbocycles. The minimum atomic E-state index is -1.33. The second-order valence-electron chi connectivity index (χ2n) is 10.7. The maximum absolute atomic E-state index is 12.0. The van der Waals surface area contributed by atoms with Crippen LogP contribution in [0.25, 0.3) is 32.8 Å². The fourth-order valence-electron chi connectivity index (χ4n) is 5.89. The molecule has 210 valence electrons. The van der Waals surface area contributed by atoms with Gasteiger partial charge in [-0.2, -0.15) is 0 Å². The molecule has 0 unspecified atom stereocenters. The monoisotopic (exact) mass is 555 g/mol. The summed E-state index contributed by atoms with van der Waals surface area (Å²) in [6.45, 7) is 5.13. The third-order valence-corrected chi connectivity index (χ3v) is 7.76. The third kappa shape index (κ3) is 5.46. The van der Waals surface area contributed by atoms with Crippen molar-refractivity contribution in [2.24, 2.45) is 0 Å². The van der Waals surface area contributed by atoms with Crippen molar-refractivity contribution < 1.29 is 19.4 Å². The normalized spacial score (nSPS) is 11.2. The number of rotatable bonds is 9. The highest BCUT2D eigenvalue weighted by atomic mass is 16.7. The summed E-state index contributed by atoms with van der Waals surface area (Å²) in [6, 6.07) is 37.0. The van der Waals surface area contributed by atoms with Crippen LogP contribution in [0, 0.1) is 13.8 Å². The summed E-state index contributed by atoms with van der Waals surface area (Å²) < 4.78 is 13.9. The van der Waals surface area contributed by atoms with E-state index in [1.165, 1.54) is 0 Å². The lowest BCUT2D eigenvalue weighted by Crippen LogP contribution is -2.11. The van der Waals surface area contributed by atoms with Crippen LogP contribution in [0.5, 0.6) is 11.6 Å². The highest BCUT2D eigenvalue weighted by molar-refractivity contribution is 5.99. The van der Waals surface area contributed by atoms with Crippen LogP contribution in [0.15, 0.2) is 109 Å². The number of carboxylic acid groups (broad SMARTS) is 1. The number of hydrogen-bond acceptors (Lipinski definition) is 3. The van der Waals surface area contributed by atoms with Gasteiger partial charge in [0.1, 0.15) is 5.75 Å². The zero-order chi connectivity index (χ0) is 29.1. The summed E-state index contributed by atoms with van der Waals surface area (Å²) >= 11 is 0.